The second-order valence-corrected chi connectivity index (χ2v) is 11.3. The highest BCUT2D eigenvalue weighted by Gasteiger charge is 2.49. The number of hydrogen-bond acceptors (Lipinski definition) is 3. The number of hydrogen-bond donors (Lipinski definition) is 0. The summed E-state index contributed by atoms with van der Waals surface area (Å²) in [5.41, 5.74) is 0.651. The van der Waals surface area contributed by atoms with Crippen molar-refractivity contribution < 1.29 is 9.53 Å². The standard InChI is InChI=1S/C26H47NO2/c1-18(2)22-10-14-25(8,15-11-22)27(21(7)29-24(28)20(5)6)26(9)16-12-23(13-17-26)19(3)4/h18-19,21-23H,5,10-17H2,1-4,6-9H3. The van der Waals surface area contributed by atoms with Crippen LogP contribution in [-0.4, -0.2) is 28.2 Å². The Kier molecular flexibility index (Phi) is 8.04. The first kappa shape index (κ1) is 24.4. The maximum Gasteiger partial charge on any atom is 0.334 e. The highest BCUT2D eigenvalue weighted by Crippen LogP contribution is 2.48. The molecule has 3 nitrogen and oxygen atoms in total. The Balaban J connectivity index is 2.26. The topological polar surface area (TPSA) is 29.5 Å². The van der Waals surface area contributed by atoms with Gasteiger partial charge < -0.3 is 4.74 Å². The van der Waals surface area contributed by atoms with Gasteiger partial charge in [-0.2, -0.15) is 0 Å². The second-order valence-electron chi connectivity index (χ2n) is 11.3. The van der Waals surface area contributed by atoms with E-state index in [9.17, 15) is 4.79 Å². The molecule has 168 valence electrons. The van der Waals surface area contributed by atoms with Gasteiger partial charge in [0.05, 0.1) is 0 Å². The quantitative estimate of drug-likeness (QED) is 0.260. The van der Waals surface area contributed by atoms with Crippen LogP contribution < -0.4 is 0 Å². The van der Waals surface area contributed by atoms with E-state index in [0.29, 0.717) is 5.57 Å². The summed E-state index contributed by atoms with van der Waals surface area (Å²) in [4.78, 5) is 15.0. The second kappa shape index (κ2) is 9.54. The van der Waals surface area contributed by atoms with Gasteiger partial charge in [0.25, 0.3) is 0 Å². The largest absolute Gasteiger partial charge is 0.443 e. The lowest BCUT2D eigenvalue weighted by atomic mass is 9.68. The highest BCUT2D eigenvalue weighted by atomic mass is 16.6. The number of nitrogens with zero attached hydrogens (tertiary/aromatic N) is 1. The molecule has 0 bridgehead atoms. The minimum atomic E-state index is -0.263. The van der Waals surface area contributed by atoms with E-state index < -0.39 is 0 Å². The molecule has 0 N–H and O–H groups in total. The molecular formula is C26H47NO2. The van der Waals surface area contributed by atoms with Crippen molar-refractivity contribution in [2.75, 3.05) is 0 Å². The molecular weight excluding hydrogens is 358 g/mol. The zero-order valence-corrected chi connectivity index (χ0v) is 20.5. The average molecular weight is 406 g/mol. The van der Waals surface area contributed by atoms with Gasteiger partial charge >= 0.3 is 5.97 Å². The Morgan fingerprint density at radius 1 is 0.862 bits per heavy atom. The van der Waals surface area contributed by atoms with Gasteiger partial charge in [-0.25, -0.2) is 4.79 Å². The molecule has 0 amide bonds. The monoisotopic (exact) mass is 405 g/mol. The van der Waals surface area contributed by atoms with Gasteiger partial charge in [0.15, 0.2) is 6.23 Å². The number of esters is 1. The Morgan fingerprint density at radius 2 is 1.21 bits per heavy atom. The van der Waals surface area contributed by atoms with Crippen LogP contribution in [0.4, 0.5) is 0 Å². The lowest BCUT2D eigenvalue weighted by Crippen LogP contribution is -2.64. The smallest absolute Gasteiger partial charge is 0.334 e. The predicted octanol–water partition coefficient (Wildman–Crippen LogP) is 6.96. The van der Waals surface area contributed by atoms with E-state index in [2.05, 4.69) is 59.9 Å². The van der Waals surface area contributed by atoms with Crippen molar-refractivity contribution in [3.63, 3.8) is 0 Å². The predicted molar refractivity (Wildman–Crippen MR) is 123 cm³/mol. The van der Waals surface area contributed by atoms with Crippen molar-refractivity contribution in [2.24, 2.45) is 23.7 Å². The normalized spacial score (nSPS) is 34.4. The maximum atomic E-state index is 12.4. The van der Waals surface area contributed by atoms with Crippen molar-refractivity contribution in [1.29, 1.82) is 0 Å². The Hall–Kier alpha value is -0.830. The summed E-state index contributed by atoms with van der Waals surface area (Å²) in [6.07, 6.45) is 9.63. The van der Waals surface area contributed by atoms with E-state index >= 15 is 0 Å². The number of carbonyl (C=O) groups excluding carboxylic acids is 1. The first-order valence-electron chi connectivity index (χ1n) is 12.1. The summed E-state index contributed by atoms with van der Waals surface area (Å²) >= 11 is 0. The summed E-state index contributed by atoms with van der Waals surface area (Å²) in [6, 6.07) is 0. The molecule has 0 aromatic rings. The van der Waals surface area contributed by atoms with Crippen LogP contribution in [0, 0.1) is 23.7 Å². The Morgan fingerprint density at radius 3 is 1.48 bits per heavy atom. The molecule has 2 aliphatic carbocycles. The molecule has 0 aromatic heterocycles. The molecule has 0 saturated heterocycles. The maximum absolute atomic E-state index is 12.4. The van der Waals surface area contributed by atoms with Gasteiger partial charge in [-0.15, -0.1) is 0 Å². The summed E-state index contributed by atoms with van der Waals surface area (Å²) in [5.74, 6) is 2.89. The Bertz CT molecular complexity index is 529. The van der Waals surface area contributed by atoms with Crippen molar-refractivity contribution in [3.8, 4) is 0 Å². The van der Waals surface area contributed by atoms with Crippen LogP contribution in [-0.2, 0) is 9.53 Å². The lowest BCUT2D eigenvalue weighted by Gasteiger charge is -2.58. The summed E-state index contributed by atoms with van der Waals surface area (Å²) in [6.45, 7) is 21.9. The molecule has 2 fully saturated rings. The molecule has 0 aliphatic heterocycles. The summed E-state index contributed by atoms with van der Waals surface area (Å²) in [5, 5.41) is 0. The highest BCUT2D eigenvalue weighted by molar-refractivity contribution is 5.87. The van der Waals surface area contributed by atoms with Crippen LogP contribution in [0.3, 0.4) is 0 Å². The van der Waals surface area contributed by atoms with Crippen LogP contribution in [0.1, 0.15) is 107 Å². The molecule has 2 rings (SSSR count). The third kappa shape index (κ3) is 5.66. The molecule has 2 saturated carbocycles. The number of rotatable bonds is 7. The molecule has 29 heavy (non-hydrogen) atoms. The first-order valence-corrected chi connectivity index (χ1v) is 12.1. The van der Waals surface area contributed by atoms with Gasteiger partial charge in [0, 0.05) is 16.7 Å². The van der Waals surface area contributed by atoms with Crippen LogP contribution in [0.5, 0.6) is 0 Å². The molecule has 2 aliphatic rings. The van der Waals surface area contributed by atoms with E-state index in [-0.39, 0.29) is 23.3 Å². The van der Waals surface area contributed by atoms with Gasteiger partial charge in [0.1, 0.15) is 0 Å². The van der Waals surface area contributed by atoms with Crippen LogP contribution in [0.2, 0.25) is 0 Å². The fourth-order valence-electron chi connectivity index (χ4n) is 6.18. The van der Waals surface area contributed by atoms with Crippen LogP contribution >= 0.6 is 0 Å². The summed E-state index contributed by atoms with van der Waals surface area (Å²) < 4.78 is 5.95. The van der Waals surface area contributed by atoms with Crippen LogP contribution in [0.15, 0.2) is 12.2 Å². The Labute approximate surface area is 180 Å². The minimum Gasteiger partial charge on any atom is -0.443 e. The van der Waals surface area contributed by atoms with Crippen molar-refractivity contribution in [1.82, 2.24) is 4.90 Å². The van der Waals surface area contributed by atoms with E-state index in [0.717, 1.165) is 23.7 Å². The summed E-state index contributed by atoms with van der Waals surface area (Å²) in [7, 11) is 0. The zero-order valence-electron chi connectivity index (χ0n) is 20.5. The van der Waals surface area contributed by atoms with E-state index in [1.165, 1.54) is 51.4 Å². The van der Waals surface area contributed by atoms with Crippen LogP contribution in [0.25, 0.3) is 0 Å². The number of carbonyl (C=O) groups is 1. The zero-order chi connectivity index (χ0) is 22.0. The SMILES string of the molecule is C=C(C)C(=O)OC(C)N(C1(C)CCC(C(C)C)CC1)C1(C)CCC(C(C)C)CC1. The van der Waals surface area contributed by atoms with Gasteiger partial charge in [-0.3, -0.25) is 4.90 Å². The van der Waals surface area contributed by atoms with Crippen molar-refractivity contribution in [2.45, 2.75) is 124 Å². The third-order valence-electron chi connectivity index (χ3n) is 8.25. The van der Waals surface area contributed by atoms with Gasteiger partial charge in [0.2, 0.25) is 0 Å². The van der Waals surface area contributed by atoms with E-state index in [1.807, 2.05) is 0 Å². The fraction of sp³-hybridized carbons (Fsp3) is 0.885. The third-order valence-corrected chi connectivity index (χ3v) is 8.25. The van der Waals surface area contributed by atoms with Crippen molar-refractivity contribution in [3.05, 3.63) is 12.2 Å². The average Bonchev–Trinajstić information content (AvgIpc) is 2.61. The minimum absolute atomic E-state index is 0.0829. The first-order chi connectivity index (χ1) is 13.4. The van der Waals surface area contributed by atoms with E-state index in [4.69, 9.17) is 4.74 Å². The number of ether oxygens (including phenoxy) is 1. The molecule has 1 unspecified atom stereocenters. The molecule has 3 heteroatoms. The lowest BCUT2D eigenvalue weighted by molar-refractivity contribution is -0.182. The molecule has 0 aromatic carbocycles. The van der Waals surface area contributed by atoms with E-state index in [1.54, 1.807) is 6.92 Å². The van der Waals surface area contributed by atoms with Gasteiger partial charge in [-0.05, 0) is 103 Å². The fourth-order valence-corrected chi connectivity index (χ4v) is 6.18. The van der Waals surface area contributed by atoms with Gasteiger partial charge in [-0.1, -0.05) is 34.3 Å². The molecule has 0 spiro atoms. The molecule has 0 radical (unpaired) electrons. The molecule has 0 heterocycles. The van der Waals surface area contributed by atoms with Crippen molar-refractivity contribution >= 4 is 5.97 Å². The molecule has 1 atom stereocenters.